The molecule has 1 aromatic rings. The number of hydrogen-bond donors (Lipinski definition) is 3. The van der Waals surface area contributed by atoms with Gasteiger partial charge in [0.1, 0.15) is 4.32 Å². The van der Waals surface area contributed by atoms with Crippen molar-refractivity contribution < 1.29 is 19.8 Å². The fourth-order valence-electron chi connectivity index (χ4n) is 3.61. The molecule has 0 spiro atoms. The van der Waals surface area contributed by atoms with E-state index in [9.17, 15) is 14.7 Å². The Labute approximate surface area is 206 Å². The van der Waals surface area contributed by atoms with Crippen LogP contribution in [0.3, 0.4) is 0 Å². The zero-order valence-electron chi connectivity index (χ0n) is 19.4. The van der Waals surface area contributed by atoms with Gasteiger partial charge >= 0.3 is 5.97 Å². The van der Waals surface area contributed by atoms with E-state index in [4.69, 9.17) is 17.3 Å². The van der Waals surface area contributed by atoms with Crippen molar-refractivity contribution in [1.82, 2.24) is 10.2 Å². The number of carboxylic acids is 1. The summed E-state index contributed by atoms with van der Waals surface area (Å²) >= 11 is 6.78. The van der Waals surface area contributed by atoms with Crippen LogP contribution in [0.2, 0.25) is 0 Å². The van der Waals surface area contributed by atoms with E-state index in [1.54, 1.807) is 4.90 Å². The third kappa shape index (κ3) is 10.7. The van der Waals surface area contributed by atoms with Crippen molar-refractivity contribution in [2.75, 3.05) is 13.1 Å². The number of thiocarbonyl (C=S) groups is 1. The zero-order chi connectivity index (χ0) is 24.1. The Morgan fingerprint density at radius 2 is 1.64 bits per heavy atom. The Bertz CT molecular complexity index is 811. The van der Waals surface area contributed by atoms with Gasteiger partial charge in [0.25, 0.3) is 0 Å². The smallest absolute Gasteiger partial charge is 0.303 e. The summed E-state index contributed by atoms with van der Waals surface area (Å²) < 4.78 is 0.594. The Hall–Kier alpha value is -1.90. The van der Waals surface area contributed by atoms with Crippen LogP contribution in [-0.2, 0) is 9.59 Å². The van der Waals surface area contributed by atoms with E-state index < -0.39 is 12.2 Å². The molecule has 6 nitrogen and oxygen atoms in total. The predicted molar refractivity (Wildman–Crippen MR) is 139 cm³/mol. The van der Waals surface area contributed by atoms with Crippen molar-refractivity contribution in [3.63, 3.8) is 0 Å². The Morgan fingerprint density at radius 1 is 1.03 bits per heavy atom. The first-order valence-corrected chi connectivity index (χ1v) is 13.0. The van der Waals surface area contributed by atoms with Crippen LogP contribution in [0.15, 0.2) is 29.2 Å². The number of nitrogens with zero attached hydrogens (tertiary/aromatic N) is 1. The molecule has 0 radical (unpaired) electrons. The lowest BCUT2D eigenvalue weighted by molar-refractivity contribution is -0.137. The van der Waals surface area contributed by atoms with E-state index in [2.05, 4.69) is 5.32 Å². The summed E-state index contributed by atoms with van der Waals surface area (Å²) in [5, 5.41) is 22.2. The van der Waals surface area contributed by atoms with Crippen molar-refractivity contribution in [1.29, 1.82) is 0 Å². The molecule has 1 fully saturated rings. The summed E-state index contributed by atoms with van der Waals surface area (Å²) in [6, 6.07) is 8.09. The molecule has 1 aromatic carbocycles. The summed E-state index contributed by atoms with van der Waals surface area (Å²) in [5.41, 5.74) is 2.20. The molecule has 1 saturated heterocycles. The molecule has 33 heavy (non-hydrogen) atoms. The van der Waals surface area contributed by atoms with Gasteiger partial charge < -0.3 is 20.4 Å². The molecule has 0 bridgehead atoms. The highest BCUT2D eigenvalue weighted by Gasteiger charge is 2.32. The van der Waals surface area contributed by atoms with E-state index in [0.717, 1.165) is 61.8 Å². The number of thioether (sulfide) groups is 1. The second kappa shape index (κ2) is 15.1. The van der Waals surface area contributed by atoms with Gasteiger partial charge in [0, 0.05) is 30.8 Å². The first kappa shape index (κ1) is 27.3. The summed E-state index contributed by atoms with van der Waals surface area (Å²) in [4.78, 5) is 25.1. The topological polar surface area (TPSA) is 89.9 Å². The minimum atomic E-state index is -0.805. The number of carbonyl (C=O) groups is 2. The van der Waals surface area contributed by atoms with E-state index >= 15 is 0 Å². The molecule has 3 N–H and O–H groups in total. The van der Waals surface area contributed by atoms with Gasteiger partial charge in [-0.05, 0) is 31.4 Å². The highest BCUT2D eigenvalue weighted by atomic mass is 32.2. The number of aliphatic hydroxyl groups is 1. The summed E-state index contributed by atoms with van der Waals surface area (Å²) in [5.74, 6) is -0.737. The van der Waals surface area contributed by atoms with Gasteiger partial charge in [-0.25, -0.2) is 0 Å². The molecule has 1 heterocycles. The van der Waals surface area contributed by atoms with Crippen molar-refractivity contribution in [3.8, 4) is 0 Å². The normalized spacial score (nSPS) is 17.0. The second-order valence-corrected chi connectivity index (χ2v) is 10.2. The molecule has 1 aliphatic rings. The van der Waals surface area contributed by atoms with Crippen LogP contribution < -0.4 is 5.32 Å². The Kier molecular flexibility index (Phi) is 12.5. The van der Waals surface area contributed by atoms with E-state index in [1.807, 2.05) is 37.3 Å². The molecule has 1 aliphatic heterocycles. The maximum absolute atomic E-state index is 12.2. The summed E-state index contributed by atoms with van der Waals surface area (Å²) in [7, 11) is 0. The number of aliphatic carboxylic acids is 1. The van der Waals surface area contributed by atoms with Crippen molar-refractivity contribution in [2.45, 2.75) is 77.4 Å². The maximum atomic E-state index is 12.2. The average Bonchev–Trinajstić information content (AvgIpc) is 3.04. The number of aryl methyl sites for hydroxylation is 1. The van der Waals surface area contributed by atoms with E-state index in [0.29, 0.717) is 23.8 Å². The van der Waals surface area contributed by atoms with Gasteiger partial charge in [0.05, 0.1) is 0 Å². The number of hydrogen-bond acceptors (Lipinski definition) is 5. The van der Waals surface area contributed by atoms with Gasteiger partial charge in [-0.1, -0.05) is 92.3 Å². The van der Waals surface area contributed by atoms with Gasteiger partial charge in [-0.3, -0.25) is 9.59 Å². The molecule has 1 atom stereocenters. The lowest BCUT2D eigenvalue weighted by atomic mass is 10.1. The van der Waals surface area contributed by atoms with Crippen LogP contribution in [0.5, 0.6) is 0 Å². The fourth-order valence-corrected chi connectivity index (χ4v) is 5.03. The summed E-state index contributed by atoms with van der Waals surface area (Å²) in [6.07, 6.45) is 10.0. The molecule has 2 rings (SSSR count). The number of unbranched alkanes of at least 4 members (excludes halogenated alkanes) is 7. The quantitative estimate of drug-likeness (QED) is 0.232. The summed E-state index contributed by atoms with van der Waals surface area (Å²) in [6.45, 7) is 3.09. The Morgan fingerprint density at radius 3 is 2.27 bits per heavy atom. The molecule has 182 valence electrons. The predicted octanol–water partition coefficient (Wildman–Crippen LogP) is 5.09. The number of benzene rings is 1. The van der Waals surface area contributed by atoms with Gasteiger partial charge in [-0.15, -0.1) is 0 Å². The number of nitrogens with one attached hydrogen (secondary N) is 1. The van der Waals surface area contributed by atoms with Gasteiger partial charge in [0.15, 0.2) is 6.23 Å². The van der Waals surface area contributed by atoms with Crippen molar-refractivity contribution in [3.05, 3.63) is 40.3 Å². The van der Waals surface area contributed by atoms with Crippen LogP contribution in [0, 0.1) is 6.92 Å². The van der Waals surface area contributed by atoms with Gasteiger partial charge in [-0.2, -0.15) is 0 Å². The molecule has 1 amide bonds. The monoisotopic (exact) mass is 492 g/mol. The molecule has 0 aromatic heterocycles. The lowest BCUT2D eigenvalue weighted by Crippen LogP contribution is -2.36. The fraction of sp³-hybridized carbons (Fsp3) is 0.560. The minimum Gasteiger partial charge on any atom is -0.481 e. The highest BCUT2D eigenvalue weighted by molar-refractivity contribution is 8.25. The van der Waals surface area contributed by atoms with Crippen LogP contribution in [0.25, 0.3) is 6.08 Å². The number of carboxylic acid groups (broad SMARTS) is 1. The molecule has 0 aliphatic carbocycles. The number of aliphatic hydroxyl groups excluding tert-OH is 1. The molecular formula is C25H36N2O4S2. The maximum Gasteiger partial charge on any atom is 0.303 e. The standard InChI is InChI=1S/C25H36N2O4S2/c1-19-11-13-20(14-12-19)18-21-24(31)27(25(32)33-21)17-15-22(28)26-16-9-7-5-3-2-4-6-8-10-23(29)30/h11-14,18,24,31H,2-10,15-17H2,1H3,(H,26,28)(H,29,30)/b21-18+. The third-order valence-electron chi connectivity index (χ3n) is 5.60. The minimum absolute atomic E-state index is 0.0237. The largest absolute Gasteiger partial charge is 0.481 e. The SMILES string of the molecule is Cc1ccc(/C=C2/SC(=S)N(CCC(=O)NCCCCCCCCCCC(=O)O)C2O)cc1. The highest BCUT2D eigenvalue weighted by Crippen LogP contribution is 2.35. The van der Waals surface area contributed by atoms with E-state index in [1.165, 1.54) is 17.3 Å². The second-order valence-electron chi connectivity index (χ2n) is 8.46. The molecule has 8 heteroatoms. The number of carbonyl (C=O) groups excluding carboxylic acids is 1. The van der Waals surface area contributed by atoms with Gasteiger partial charge in [0.2, 0.25) is 5.91 Å². The third-order valence-corrected chi connectivity index (χ3v) is 7.05. The van der Waals surface area contributed by atoms with Crippen molar-refractivity contribution >= 4 is 46.3 Å². The lowest BCUT2D eigenvalue weighted by Gasteiger charge is -2.21. The Balaban J connectivity index is 1.56. The van der Waals surface area contributed by atoms with Crippen molar-refractivity contribution in [2.24, 2.45) is 0 Å². The zero-order valence-corrected chi connectivity index (χ0v) is 21.1. The number of amides is 1. The average molecular weight is 493 g/mol. The molecule has 0 saturated carbocycles. The van der Waals surface area contributed by atoms with Crippen LogP contribution in [-0.4, -0.2) is 50.6 Å². The van der Waals surface area contributed by atoms with Crippen LogP contribution in [0.4, 0.5) is 0 Å². The molecular weight excluding hydrogens is 456 g/mol. The van der Waals surface area contributed by atoms with Crippen LogP contribution in [0.1, 0.15) is 75.3 Å². The first-order chi connectivity index (χ1) is 15.9. The first-order valence-electron chi connectivity index (χ1n) is 11.8. The van der Waals surface area contributed by atoms with E-state index in [-0.39, 0.29) is 12.3 Å². The number of rotatable bonds is 15. The molecule has 1 unspecified atom stereocenters. The van der Waals surface area contributed by atoms with Crippen LogP contribution >= 0.6 is 24.0 Å².